The van der Waals surface area contributed by atoms with Gasteiger partial charge in [-0.15, -0.1) is 11.3 Å². The standard InChI is InChI=1S/C45H27N3S/c1-3-12-28(13-4-1)43-46-44(29-14-5-2-6-15-29)48-45(47-43)38-20-11-19-37-33-17-8-7-16-32(33)34-24-22-30(26-39(34)42(37)38)31-23-25-36-35-18-9-10-21-40(35)49-41(36)27-31/h1-27H. The zero-order chi connectivity index (χ0) is 32.3. The van der Waals surface area contributed by atoms with E-state index in [0.29, 0.717) is 17.5 Å². The second kappa shape index (κ2) is 11.2. The highest BCUT2D eigenvalue weighted by atomic mass is 32.1. The number of nitrogens with zero attached hydrogens (tertiary/aromatic N) is 3. The quantitative estimate of drug-likeness (QED) is 0.180. The highest BCUT2D eigenvalue weighted by molar-refractivity contribution is 7.25. The molecule has 2 aromatic heterocycles. The lowest BCUT2D eigenvalue weighted by atomic mass is 9.89. The van der Waals surface area contributed by atoms with Gasteiger partial charge in [0.05, 0.1) is 0 Å². The van der Waals surface area contributed by atoms with Crippen molar-refractivity contribution in [3.05, 3.63) is 164 Å². The molecule has 8 aromatic carbocycles. The van der Waals surface area contributed by atoms with Crippen LogP contribution in [0.3, 0.4) is 0 Å². The maximum Gasteiger partial charge on any atom is 0.164 e. The lowest BCUT2D eigenvalue weighted by Gasteiger charge is -2.16. The van der Waals surface area contributed by atoms with E-state index in [-0.39, 0.29) is 0 Å². The van der Waals surface area contributed by atoms with Crippen LogP contribution in [0.2, 0.25) is 0 Å². The highest BCUT2D eigenvalue weighted by Crippen LogP contribution is 2.42. The summed E-state index contributed by atoms with van der Waals surface area (Å²) < 4.78 is 2.62. The molecule has 2 heterocycles. The van der Waals surface area contributed by atoms with Crippen LogP contribution in [0.1, 0.15) is 0 Å². The third-order valence-electron chi connectivity index (χ3n) is 9.51. The van der Waals surface area contributed by atoms with Gasteiger partial charge < -0.3 is 0 Å². The van der Waals surface area contributed by atoms with Crippen molar-refractivity contribution >= 4 is 63.8 Å². The van der Waals surface area contributed by atoms with Crippen LogP contribution in [-0.4, -0.2) is 15.0 Å². The van der Waals surface area contributed by atoms with Crippen LogP contribution in [0.5, 0.6) is 0 Å². The molecule has 10 rings (SSSR count). The monoisotopic (exact) mass is 641 g/mol. The molecule has 0 bridgehead atoms. The molecule has 0 unspecified atom stereocenters. The smallest absolute Gasteiger partial charge is 0.164 e. The summed E-state index contributed by atoms with van der Waals surface area (Å²) in [6.07, 6.45) is 0. The predicted octanol–water partition coefficient (Wildman–Crippen LogP) is 12.4. The summed E-state index contributed by atoms with van der Waals surface area (Å²) in [6, 6.07) is 58.0. The number of rotatable bonds is 4. The second-order valence-electron chi connectivity index (χ2n) is 12.4. The summed E-state index contributed by atoms with van der Waals surface area (Å²) in [5, 5.41) is 9.79. The fourth-order valence-electron chi connectivity index (χ4n) is 7.21. The molecular weight excluding hydrogens is 615 g/mol. The van der Waals surface area contributed by atoms with Gasteiger partial charge in [-0.3, -0.25) is 0 Å². The van der Waals surface area contributed by atoms with E-state index in [1.54, 1.807) is 0 Å². The van der Waals surface area contributed by atoms with Crippen LogP contribution in [0.4, 0.5) is 0 Å². The first-order chi connectivity index (χ1) is 24.3. The average molecular weight is 642 g/mol. The average Bonchev–Trinajstić information content (AvgIpc) is 3.56. The van der Waals surface area contributed by atoms with Crippen molar-refractivity contribution in [1.82, 2.24) is 15.0 Å². The summed E-state index contributed by atoms with van der Waals surface area (Å²) in [7, 11) is 0. The Kier molecular flexibility index (Phi) is 6.36. The molecule has 0 fully saturated rings. The molecule has 0 aliphatic rings. The third-order valence-corrected chi connectivity index (χ3v) is 10.6. The summed E-state index contributed by atoms with van der Waals surface area (Å²) in [6.45, 7) is 0. The molecule has 0 saturated carbocycles. The summed E-state index contributed by atoms with van der Waals surface area (Å²) >= 11 is 1.85. The van der Waals surface area contributed by atoms with Gasteiger partial charge in [0.2, 0.25) is 0 Å². The zero-order valence-corrected chi connectivity index (χ0v) is 27.2. The summed E-state index contributed by atoms with van der Waals surface area (Å²) in [5.41, 5.74) is 5.29. The number of hydrogen-bond acceptors (Lipinski definition) is 4. The normalized spacial score (nSPS) is 11.7. The van der Waals surface area contributed by atoms with E-state index in [4.69, 9.17) is 15.0 Å². The number of benzene rings is 8. The van der Waals surface area contributed by atoms with Gasteiger partial charge in [0.1, 0.15) is 0 Å². The Hall–Kier alpha value is -6.23. The van der Waals surface area contributed by atoms with Crippen molar-refractivity contribution < 1.29 is 0 Å². The molecule has 0 N–H and O–H groups in total. The van der Waals surface area contributed by atoms with Crippen LogP contribution in [0.15, 0.2) is 164 Å². The van der Waals surface area contributed by atoms with Crippen molar-refractivity contribution in [2.24, 2.45) is 0 Å². The van der Waals surface area contributed by atoms with E-state index in [1.807, 2.05) is 47.7 Å². The molecule has 49 heavy (non-hydrogen) atoms. The molecule has 0 atom stereocenters. The molecule has 0 aliphatic heterocycles. The molecule has 228 valence electrons. The molecule has 0 saturated heterocycles. The number of hydrogen-bond donors (Lipinski definition) is 0. The van der Waals surface area contributed by atoms with E-state index in [9.17, 15) is 0 Å². The van der Waals surface area contributed by atoms with Gasteiger partial charge in [-0.2, -0.15) is 0 Å². The Bertz CT molecular complexity index is 2820. The van der Waals surface area contributed by atoms with Gasteiger partial charge in [-0.1, -0.05) is 146 Å². The second-order valence-corrected chi connectivity index (χ2v) is 13.5. The largest absolute Gasteiger partial charge is 0.208 e. The van der Waals surface area contributed by atoms with Crippen molar-refractivity contribution in [2.45, 2.75) is 0 Å². The first kappa shape index (κ1) is 27.8. The minimum Gasteiger partial charge on any atom is -0.208 e. The molecular formula is C45H27N3S. The fraction of sp³-hybridized carbons (Fsp3) is 0. The van der Waals surface area contributed by atoms with Gasteiger partial charge in [0.15, 0.2) is 17.5 Å². The Morgan fingerprint density at radius 1 is 0.306 bits per heavy atom. The Balaban J connectivity index is 1.26. The lowest BCUT2D eigenvalue weighted by Crippen LogP contribution is -2.00. The van der Waals surface area contributed by atoms with Crippen molar-refractivity contribution in [2.75, 3.05) is 0 Å². The van der Waals surface area contributed by atoms with E-state index >= 15 is 0 Å². The maximum absolute atomic E-state index is 5.15. The van der Waals surface area contributed by atoms with Gasteiger partial charge in [0.25, 0.3) is 0 Å². The maximum atomic E-state index is 5.15. The topological polar surface area (TPSA) is 38.7 Å². The predicted molar refractivity (Wildman–Crippen MR) is 207 cm³/mol. The molecule has 3 nitrogen and oxygen atoms in total. The van der Waals surface area contributed by atoms with E-state index in [0.717, 1.165) is 22.1 Å². The van der Waals surface area contributed by atoms with Crippen LogP contribution in [-0.2, 0) is 0 Å². The van der Waals surface area contributed by atoms with E-state index < -0.39 is 0 Å². The van der Waals surface area contributed by atoms with Crippen LogP contribution < -0.4 is 0 Å². The fourth-order valence-corrected chi connectivity index (χ4v) is 8.35. The lowest BCUT2D eigenvalue weighted by molar-refractivity contribution is 1.08. The van der Waals surface area contributed by atoms with Crippen LogP contribution in [0, 0.1) is 0 Å². The van der Waals surface area contributed by atoms with Crippen LogP contribution in [0.25, 0.3) is 97.8 Å². The summed E-state index contributed by atoms with van der Waals surface area (Å²) in [4.78, 5) is 15.3. The minimum absolute atomic E-state index is 0.656. The Morgan fingerprint density at radius 3 is 1.53 bits per heavy atom. The zero-order valence-electron chi connectivity index (χ0n) is 26.3. The van der Waals surface area contributed by atoms with Gasteiger partial charge >= 0.3 is 0 Å². The van der Waals surface area contributed by atoms with E-state index in [1.165, 1.54) is 58.2 Å². The molecule has 0 aliphatic carbocycles. The van der Waals surface area contributed by atoms with Gasteiger partial charge in [0, 0.05) is 42.2 Å². The number of aromatic nitrogens is 3. The Morgan fingerprint density at radius 2 is 0.816 bits per heavy atom. The van der Waals surface area contributed by atoms with Crippen molar-refractivity contribution in [3.63, 3.8) is 0 Å². The Labute approximate surface area is 286 Å². The SMILES string of the molecule is c1ccc(-c2nc(-c3ccccc3)nc(-c3cccc4c5ccccc5c5ccc(-c6ccc7c(c6)sc6ccccc67)cc5c34)n2)cc1. The number of fused-ring (bicyclic) bond motifs is 9. The molecule has 0 spiro atoms. The number of thiophene rings is 1. The minimum atomic E-state index is 0.656. The summed E-state index contributed by atoms with van der Waals surface area (Å²) in [5.74, 6) is 1.97. The van der Waals surface area contributed by atoms with Crippen molar-refractivity contribution in [1.29, 1.82) is 0 Å². The van der Waals surface area contributed by atoms with Crippen LogP contribution >= 0.6 is 11.3 Å². The van der Waals surface area contributed by atoms with E-state index in [2.05, 4.69) is 127 Å². The first-order valence-electron chi connectivity index (χ1n) is 16.4. The van der Waals surface area contributed by atoms with Crippen molar-refractivity contribution in [3.8, 4) is 45.3 Å². The molecule has 0 amide bonds. The van der Waals surface area contributed by atoms with Gasteiger partial charge in [-0.05, 0) is 56.3 Å². The third kappa shape index (κ3) is 4.61. The first-order valence-corrected chi connectivity index (χ1v) is 17.3. The molecule has 4 heteroatoms. The van der Waals surface area contributed by atoms with Gasteiger partial charge in [-0.25, -0.2) is 15.0 Å². The molecule has 10 aromatic rings. The highest BCUT2D eigenvalue weighted by Gasteiger charge is 2.18. The molecule has 0 radical (unpaired) electrons.